The fourth-order valence-electron chi connectivity index (χ4n) is 1.80. The smallest absolute Gasteiger partial charge is 0.166 e. The maximum absolute atomic E-state index is 13.6. The van der Waals surface area contributed by atoms with Gasteiger partial charge in [-0.05, 0) is 18.1 Å². The van der Waals surface area contributed by atoms with E-state index in [0.717, 1.165) is 12.8 Å². The van der Waals surface area contributed by atoms with Crippen molar-refractivity contribution < 1.29 is 13.9 Å². The SMILES string of the molecule is CCC(CC)CC(=O)c1ccc(OC)cc1F. The minimum absolute atomic E-state index is 0.126. The second kappa shape index (κ2) is 6.38. The Hall–Kier alpha value is -1.38. The number of hydrogen-bond acceptors (Lipinski definition) is 2. The largest absolute Gasteiger partial charge is 0.497 e. The molecule has 0 aliphatic heterocycles. The van der Waals surface area contributed by atoms with E-state index in [1.165, 1.54) is 19.2 Å². The van der Waals surface area contributed by atoms with Crippen LogP contribution in [-0.2, 0) is 0 Å². The maximum Gasteiger partial charge on any atom is 0.166 e. The predicted molar refractivity (Wildman–Crippen MR) is 66.0 cm³/mol. The molecule has 3 heteroatoms. The number of carbonyl (C=O) groups excluding carboxylic acids is 1. The highest BCUT2D eigenvalue weighted by Crippen LogP contribution is 2.21. The summed E-state index contributed by atoms with van der Waals surface area (Å²) in [4.78, 5) is 11.9. The van der Waals surface area contributed by atoms with Gasteiger partial charge in [0.05, 0.1) is 12.7 Å². The van der Waals surface area contributed by atoms with Crippen molar-refractivity contribution >= 4 is 5.78 Å². The van der Waals surface area contributed by atoms with Crippen LogP contribution in [0.4, 0.5) is 4.39 Å². The Labute approximate surface area is 102 Å². The summed E-state index contributed by atoms with van der Waals surface area (Å²) in [6.07, 6.45) is 2.30. The zero-order valence-corrected chi connectivity index (χ0v) is 10.6. The Morgan fingerprint density at radius 1 is 1.35 bits per heavy atom. The van der Waals surface area contributed by atoms with E-state index in [1.807, 2.05) is 13.8 Å². The molecule has 2 nitrogen and oxygen atoms in total. The first-order valence-electron chi connectivity index (χ1n) is 5.99. The van der Waals surface area contributed by atoms with Gasteiger partial charge < -0.3 is 4.74 Å². The fourth-order valence-corrected chi connectivity index (χ4v) is 1.80. The number of rotatable bonds is 6. The van der Waals surface area contributed by atoms with Crippen LogP contribution in [0.25, 0.3) is 0 Å². The summed E-state index contributed by atoms with van der Waals surface area (Å²) in [7, 11) is 1.47. The number of ketones is 1. The van der Waals surface area contributed by atoms with Crippen LogP contribution in [0.5, 0.6) is 5.75 Å². The monoisotopic (exact) mass is 238 g/mol. The molecule has 0 aliphatic carbocycles. The van der Waals surface area contributed by atoms with Crippen LogP contribution >= 0.6 is 0 Å². The third-order valence-corrected chi connectivity index (χ3v) is 3.11. The van der Waals surface area contributed by atoms with E-state index >= 15 is 0 Å². The number of methoxy groups -OCH3 is 1. The summed E-state index contributed by atoms with van der Waals surface area (Å²) >= 11 is 0. The second-order valence-corrected chi connectivity index (χ2v) is 4.16. The number of halogens is 1. The number of Topliss-reactive ketones (excluding diaryl/α,β-unsaturated/α-hetero) is 1. The molecule has 0 bridgehead atoms. The van der Waals surface area contributed by atoms with Crippen LogP contribution in [0.3, 0.4) is 0 Å². The molecule has 94 valence electrons. The molecule has 0 aromatic heterocycles. The summed E-state index contributed by atoms with van der Waals surface area (Å²) in [5.41, 5.74) is 0.165. The molecule has 0 spiro atoms. The first-order valence-corrected chi connectivity index (χ1v) is 5.99. The Morgan fingerprint density at radius 3 is 2.47 bits per heavy atom. The van der Waals surface area contributed by atoms with Crippen LogP contribution in [0.2, 0.25) is 0 Å². The lowest BCUT2D eigenvalue weighted by molar-refractivity contribution is 0.0954. The van der Waals surface area contributed by atoms with Gasteiger partial charge in [-0.15, -0.1) is 0 Å². The Morgan fingerprint density at radius 2 is 2.00 bits per heavy atom. The van der Waals surface area contributed by atoms with Crippen molar-refractivity contribution in [3.8, 4) is 5.75 Å². The summed E-state index contributed by atoms with van der Waals surface area (Å²) in [5, 5.41) is 0. The molecule has 0 amide bonds. The molecule has 1 aromatic carbocycles. The maximum atomic E-state index is 13.6. The first-order chi connectivity index (χ1) is 8.12. The minimum Gasteiger partial charge on any atom is -0.497 e. The Bertz CT molecular complexity index is 384. The molecular weight excluding hydrogens is 219 g/mol. The summed E-state index contributed by atoms with van der Waals surface area (Å²) in [6.45, 7) is 4.09. The summed E-state index contributed by atoms with van der Waals surface area (Å²) in [6, 6.07) is 4.36. The summed E-state index contributed by atoms with van der Waals surface area (Å²) < 4.78 is 18.5. The molecule has 1 aromatic rings. The van der Waals surface area contributed by atoms with Gasteiger partial charge in [-0.25, -0.2) is 4.39 Å². The number of ether oxygens (including phenoxy) is 1. The lowest BCUT2D eigenvalue weighted by Gasteiger charge is -2.11. The van der Waals surface area contributed by atoms with Gasteiger partial charge in [-0.3, -0.25) is 4.79 Å². The van der Waals surface area contributed by atoms with E-state index in [0.29, 0.717) is 18.1 Å². The van der Waals surface area contributed by atoms with Crippen molar-refractivity contribution in [3.05, 3.63) is 29.6 Å². The number of carbonyl (C=O) groups is 1. The third kappa shape index (κ3) is 3.55. The molecule has 0 N–H and O–H groups in total. The average Bonchev–Trinajstić information content (AvgIpc) is 2.35. The quantitative estimate of drug-likeness (QED) is 0.704. The molecular formula is C14H19FO2. The average molecular weight is 238 g/mol. The van der Waals surface area contributed by atoms with Crippen molar-refractivity contribution in [2.45, 2.75) is 33.1 Å². The second-order valence-electron chi connectivity index (χ2n) is 4.16. The molecule has 0 heterocycles. The van der Waals surface area contributed by atoms with Crippen molar-refractivity contribution in [1.29, 1.82) is 0 Å². The van der Waals surface area contributed by atoms with E-state index in [9.17, 15) is 9.18 Å². The van der Waals surface area contributed by atoms with Crippen LogP contribution in [0.15, 0.2) is 18.2 Å². The molecule has 0 unspecified atom stereocenters. The molecule has 0 radical (unpaired) electrons. The van der Waals surface area contributed by atoms with Gasteiger partial charge in [0.1, 0.15) is 11.6 Å². The van der Waals surface area contributed by atoms with Crippen LogP contribution < -0.4 is 4.74 Å². The van der Waals surface area contributed by atoms with Gasteiger partial charge in [0.2, 0.25) is 0 Å². The van der Waals surface area contributed by atoms with Gasteiger partial charge in [0.15, 0.2) is 5.78 Å². The predicted octanol–water partition coefficient (Wildman–Crippen LogP) is 3.84. The highest BCUT2D eigenvalue weighted by molar-refractivity contribution is 5.96. The van der Waals surface area contributed by atoms with Crippen molar-refractivity contribution in [2.24, 2.45) is 5.92 Å². The fraction of sp³-hybridized carbons (Fsp3) is 0.500. The highest BCUT2D eigenvalue weighted by atomic mass is 19.1. The number of hydrogen-bond donors (Lipinski definition) is 0. The zero-order valence-electron chi connectivity index (χ0n) is 10.6. The Kier molecular flexibility index (Phi) is 5.13. The third-order valence-electron chi connectivity index (χ3n) is 3.11. The molecule has 0 atom stereocenters. The van der Waals surface area contributed by atoms with Gasteiger partial charge >= 0.3 is 0 Å². The topological polar surface area (TPSA) is 26.3 Å². The van der Waals surface area contributed by atoms with Crippen LogP contribution in [-0.4, -0.2) is 12.9 Å². The summed E-state index contributed by atoms with van der Waals surface area (Å²) in [5.74, 6) is 0.143. The van der Waals surface area contributed by atoms with E-state index in [4.69, 9.17) is 4.74 Å². The highest BCUT2D eigenvalue weighted by Gasteiger charge is 2.16. The van der Waals surface area contributed by atoms with Gasteiger partial charge in [0, 0.05) is 12.5 Å². The minimum atomic E-state index is -0.500. The van der Waals surface area contributed by atoms with Crippen molar-refractivity contribution in [2.75, 3.05) is 7.11 Å². The van der Waals surface area contributed by atoms with E-state index in [1.54, 1.807) is 6.07 Å². The molecule has 17 heavy (non-hydrogen) atoms. The first kappa shape index (κ1) is 13.7. The van der Waals surface area contributed by atoms with E-state index in [2.05, 4.69) is 0 Å². The van der Waals surface area contributed by atoms with E-state index < -0.39 is 5.82 Å². The van der Waals surface area contributed by atoms with E-state index in [-0.39, 0.29) is 11.3 Å². The normalized spacial score (nSPS) is 10.6. The zero-order chi connectivity index (χ0) is 12.8. The Balaban J connectivity index is 2.82. The van der Waals surface area contributed by atoms with Crippen LogP contribution in [0.1, 0.15) is 43.5 Å². The molecule has 1 rings (SSSR count). The van der Waals surface area contributed by atoms with Crippen LogP contribution in [0, 0.1) is 11.7 Å². The lowest BCUT2D eigenvalue weighted by Crippen LogP contribution is -2.09. The van der Waals surface area contributed by atoms with Gasteiger partial charge in [0.25, 0.3) is 0 Å². The van der Waals surface area contributed by atoms with Gasteiger partial charge in [-0.1, -0.05) is 26.7 Å². The van der Waals surface area contributed by atoms with Gasteiger partial charge in [-0.2, -0.15) is 0 Å². The molecule has 0 aliphatic rings. The molecule has 0 saturated carbocycles. The van der Waals surface area contributed by atoms with Crippen molar-refractivity contribution in [3.63, 3.8) is 0 Å². The molecule has 0 fully saturated rings. The van der Waals surface area contributed by atoms with Crippen molar-refractivity contribution in [1.82, 2.24) is 0 Å². The standard InChI is InChI=1S/C14H19FO2/c1-4-10(5-2)8-14(16)12-7-6-11(17-3)9-13(12)15/h6-7,9-10H,4-5,8H2,1-3H3. The molecule has 0 saturated heterocycles. The lowest BCUT2D eigenvalue weighted by atomic mass is 9.94. The number of benzene rings is 1.